The highest BCUT2D eigenvalue weighted by molar-refractivity contribution is 6.30. The van der Waals surface area contributed by atoms with Crippen LogP contribution >= 0.6 is 11.6 Å². The van der Waals surface area contributed by atoms with Crippen molar-refractivity contribution >= 4 is 23.0 Å². The zero-order valence-corrected chi connectivity index (χ0v) is 19.6. The zero-order valence-electron chi connectivity index (χ0n) is 18.9. The molecule has 6 heteroatoms. The van der Waals surface area contributed by atoms with Crippen LogP contribution in [0.15, 0.2) is 121 Å². The number of benzene rings is 3. The summed E-state index contributed by atoms with van der Waals surface area (Å²) in [4.78, 5) is 4.35. The van der Waals surface area contributed by atoms with Crippen LogP contribution in [0.1, 0.15) is 23.6 Å². The number of rotatable bonds is 5. The molecule has 0 fully saturated rings. The quantitative estimate of drug-likeness (QED) is 0.276. The third-order valence-corrected chi connectivity index (χ3v) is 6.42. The summed E-state index contributed by atoms with van der Waals surface area (Å²) in [5.41, 5.74) is 7.10. The fraction of sp³-hybridized carbons (Fsp3) is 0.0690. The molecule has 0 spiro atoms. The summed E-state index contributed by atoms with van der Waals surface area (Å²) in [5, 5.41) is 12.9. The van der Waals surface area contributed by atoms with Crippen molar-refractivity contribution in [3.05, 3.63) is 132 Å². The van der Waals surface area contributed by atoms with Crippen LogP contribution in [0.4, 0.5) is 5.69 Å². The van der Waals surface area contributed by atoms with Crippen LogP contribution in [0.5, 0.6) is 0 Å². The lowest BCUT2D eigenvalue weighted by molar-refractivity contribution is 0.709. The monoisotopic (exact) mass is 475 g/mol. The minimum atomic E-state index is -0.0317. The van der Waals surface area contributed by atoms with Crippen molar-refractivity contribution in [2.45, 2.75) is 12.5 Å². The fourth-order valence-electron chi connectivity index (χ4n) is 4.46. The Hall–Kier alpha value is -4.22. The average Bonchev–Trinajstić information content (AvgIpc) is 3.56. The maximum Gasteiger partial charge on any atom is 0.0996 e. The van der Waals surface area contributed by atoms with Gasteiger partial charge >= 0.3 is 0 Å². The first kappa shape index (κ1) is 21.3. The van der Waals surface area contributed by atoms with Crippen LogP contribution in [0.25, 0.3) is 16.9 Å². The Morgan fingerprint density at radius 3 is 2.14 bits per heavy atom. The summed E-state index contributed by atoms with van der Waals surface area (Å²) in [7, 11) is 0. The number of anilines is 1. The van der Waals surface area contributed by atoms with E-state index in [0.29, 0.717) is 5.02 Å². The second kappa shape index (κ2) is 9.20. The van der Waals surface area contributed by atoms with Gasteiger partial charge in [-0.3, -0.25) is 9.99 Å². The maximum atomic E-state index is 6.15. The van der Waals surface area contributed by atoms with Gasteiger partial charge in [-0.15, -0.1) is 0 Å². The van der Waals surface area contributed by atoms with Gasteiger partial charge in [-0.05, 0) is 54.1 Å². The highest BCUT2D eigenvalue weighted by atomic mass is 35.5. The first-order valence-electron chi connectivity index (χ1n) is 11.5. The molecule has 35 heavy (non-hydrogen) atoms. The SMILES string of the molecule is Clc1ccc(C2=NN(c3ccccc3)C(c3cn(-c4ccccc4)nc3-c3cccnc3)C2)cc1. The lowest BCUT2D eigenvalue weighted by Crippen LogP contribution is -2.18. The van der Waals surface area contributed by atoms with Gasteiger partial charge in [-0.2, -0.15) is 10.2 Å². The van der Waals surface area contributed by atoms with E-state index in [0.717, 1.165) is 45.9 Å². The second-order valence-corrected chi connectivity index (χ2v) is 8.84. The highest BCUT2D eigenvalue weighted by Gasteiger charge is 2.33. The number of pyridine rings is 1. The molecule has 0 radical (unpaired) electrons. The molecule has 5 nitrogen and oxygen atoms in total. The van der Waals surface area contributed by atoms with E-state index in [1.807, 2.05) is 77.6 Å². The Morgan fingerprint density at radius 2 is 1.46 bits per heavy atom. The summed E-state index contributed by atoms with van der Waals surface area (Å²) in [6.07, 6.45) is 6.51. The standard InChI is InChI=1S/C29H22ClN5/c30-23-15-13-21(14-16-23)27-18-28(35(32-27)25-11-5-2-6-12-25)26-20-34(24-9-3-1-4-10-24)33-29(26)22-8-7-17-31-19-22/h1-17,19-20,28H,18H2. The van der Waals surface area contributed by atoms with Crippen LogP contribution in [-0.4, -0.2) is 20.5 Å². The molecule has 0 saturated carbocycles. The molecular weight excluding hydrogens is 454 g/mol. The van der Waals surface area contributed by atoms with Crippen LogP contribution in [0.3, 0.4) is 0 Å². The van der Waals surface area contributed by atoms with Crippen molar-refractivity contribution < 1.29 is 0 Å². The highest BCUT2D eigenvalue weighted by Crippen LogP contribution is 2.40. The number of hydrogen-bond acceptors (Lipinski definition) is 4. The summed E-state index contributed by atoms with van der Waals surface area (Å²) in [6.45, 7) is 0. The minimum absolute atomic E-state index is 0.0317. The van der Waals surface area contributed by atoms with Crippen molar-refractivity contribution in [3.63, 3.8) is 0 Å². The molecule has 3 aromatic carbocycles. The van der Waals surface area contributed by atoms with Crippen LogP contribution in [-0.2, 0) is 0 Å². The van der Waals surface area contributed by atoms with Gasteiger partial charge in [0.1, 0.15) is 0 Å². The Morgan fingerprint density at radius 1 is 0.743 bits per heavy atom. The van der Waals surface area contributed by atoms with E-state index in [2.05, 4.69) is 46.5 Å². The molecule has 3 heterocycles. The topological polar surface area (TPSA) is 46.3 Å². The van der Waals surface area contributed by atoms with E-state index in [1.165, 1.54) is 0 Å². The van der Waals surface area contributed by atoms with Gasteiger partial charge in [0.15, 0.2) is 0 Å². The predicted octanol–water partition coefficient (Wildman–Crippen LogP) is 6.94. The number of halogens is 1. The van der Waals surface area contributed by atoms with Crippen molar-refractivity contribution in [2.75, 3.05) is 5.01 Å². The Kier molecular flexibility index (Phi) is 5.60. The molecule has 0 saturated heterocycles. The Labute approximate surface area is 209 Å². The second-order valence-electron chi connectivity index (χ2n) is 8.41. The van der Waals surface area contributed by atoms with E-state index in [4.69, 9.17) is 21.8 Å². The molecule has 1 aliphatic heterocycles. The normalized spacial score (nSPS) is 15.3. The average molecular weight is 476 g/mol. The van der Waals surface area contributed by atoms with E-state index < -0.39 is 0 Å². The zero-order chi connectivity index (χ0) is 23.6. The van der Waals surface area contributed by atoms with Gasteiger partial charge in [0.25, 0.3) is 0 Å². The van der Waals surface area contributed by atoms with Crippen LogP contribution in [0, 0.1) is 0 Å². The largest absolute Gasteiger partial charge is 0.264 e. The molecular formula is C29H22ClN5. The smallest absolute Gasteiger partial charge is 0.0996 e. The fourth-order valence-corrected chi connectivity index (χ4v) is 4.59. The number of para-hydroxylation sites is 2. The summed E-state index contributed by atoms with van der Waals surface area (Å²) in [6, 6.07) is 32.3. The molecule has 2 aromatic heterocycles. The van der Waals surface area contributed by atoms with Crippen LogP contribution in [0.2, 0.25) is 5.02 Å². The van der Waals surface area contributed by atoms with Gasteiger partial charge < -0.3 is 0 Å². The van der Waals surface area contributed by atoms with E-state index in [-0.39, 0.29) is 6.04 Å². The third-order valence-electron chi connectivity index (χ3n) is 6.17. The van der Waals surface area contributed by atoms with Crippen molar-refractivity contribution in [2.24, 2.45) is 5.10 Å². The summed E-state index contributed by atoms with van der Waals surface area (Å²) in [5.74, 6) is 0. The summed E-state index contributed by atoms with van der Waals surface area (Å²) < 4.78 is 1.95. The third kappa shape index (κ3) is 4.22. The molecule has 0 bridgehead atoms. The molecule has 1 atom stereocenters. The lowest BCUT2D eigenvalue weighted by atomic mass is 9.96. The van der Waals surface area contributed by atoms with Gasteiger partial charge in [-0.1, -0.05) is 60.1 Å². The summed E-state index contributed by atoms with van der Waals surface area (Å²) >= 11 is 6.15. The maximum absolute atomic E-state index is 6.15. The van der Waals surface area contributed by atoms with Gasteiger partial charge in [0.05, 0.1) is 28.8 Å². The molecule has 1 aliphatic rings. The molecule has 0 N–H and O–H groups in total. The molecule has 5 aromatic rings. The van der Waals surface area contributed by atoms with E-state index >= 15 is 0 Å². The van der Waals surface area contributed by atoms with Crippen molar-refractivity contribution in [1.82, 2.24) is 14.8 Å². The first-order chi connectivity index (χ1) is 17.3. The van der Waals surface area contributed by atoms with Crippen molar-refractivity contribution in [1.29, 1.82) is 0 Å². The van der Waals surface area contributed by atoms with E-state index in [1.54, 1.807) is 6.20 Å². The molecule has 6 rings (SSSR count). The van der Waals surface area contributed by atoms with Crippen LogP contribution < -0.4 is 5.01 Å². The molecule has 1 unspecified atom stereocenters. The molecule has 170 valence electrons. The Balaban J connectivity index is 1.49. The predicted molar refractivity (Wildman–Crippen MR) is 141 cm³/mol. The molecule has 0 aliphatic carbocycles. The van der Waals surface area contributed by atoms with Crippen molar-refractivity contribution in [3.8, 4) is 16.9 Å². The number of hydrogen-bond donors (Lipinski definition) is 0. The van der Waals surface area contributed by atoms with Gasteiger partial charge in [-0.25, -0.2) is 4.68 Å². The molecule has 0 amide bonds. The van der Waals surface area contributed by atoms with Gasteiger partial charge in [0.2, 0.25) is 0 Å². The number of nitrogens with zero attached hydrogens (tertiary/aromatic N) is 5. The van der Waals surface area contributed by atoms with Gasteiger partial charge in [0, 0.05) is 41.2 Å². The lowest BCUT2D eigenvalue weighted by Gasteiger charge is -2.23. The Bertz CT molecular complexity index is 1460. The first-order valence-corrected chi connectivity index (χ1v) is 11.9. The van der Waals surface area contributed by atoms with E-state index in [9.17, 15) is 0 Å². The minimum Gasteiger partial charge on any atom is -0.264 e. The number of hydrazone groups is 1. The number of aromatic nitrogens is 3.